The monoisotopic (exact) mass is 425 g/mol. The van der Waals surface area contributed by atoms with Gasteiger partial charge in [-0.15, -0.1) is 0 Å². The molecule has 0 aliphatic heterocycles. The van der Waals surface area contributed by atoms with E-state index in [-0.39, 0.29) is 24.4 Å². The van der Waals surface area contributed by atoms with Gasteiger partial charge in [-0.25, -0.2) is 4.39 Å². The van der Waals surface area contributed by atoms with Crippen LogP contribution in [-0.2, 0) is 24.9 Å². The minimum atomic E-state index is -0.407. The van der Waals surface area contributed by atoms with Crippen molar-refractivity contribution in [3.05, 3.63) is 83.8 Å². The van der Waals surface area contributed by atoms with E-state index in [1.165, 1.54) is 24.3 Å². The van der Waals surface area contributed by atoms with Crippen molar-refractivity contribution in [1.29, 1.82) is 0 Å². The molecule has 3 rings (SSSR count). The van der Waals surface area contributed by atoms with Gasteiger partial charge in [-0.3, -0.25) is 9.59 Å². The van der Waals surface area contributed by atoms with Crippen LogP contribution in [0.25, 0.3) is 0 Å². The Morgan fingerprint density at radius 2 is 1.84 bits per heavy atom. The second-order valence-corrected chi connectivity index (χ2v) is 7.64. The van der Waals surface area contributed by atoms with Gasteiger partial charge in [0.15, 0.2) is 0 Å². The first-order valence-corrected chi connectivity index (χ1v) is 10.4. The predicted octanol–water partition coefficient (Wildman–Crippen LogP) is 4.23. The molecule has 2 amide bonds. The highest BCUT2D eigenvalue weighted by Gasteiger charge is 2.26. The number of rotatable bonds is 9. The Kier molecular flexibility index (Phi) is 7.28. The summed E-state index contributed by atoms with van der Waals surface area (Å²) in [4.78, 5) is 29.7. The molecule has 0 bridgehead atoms. The molecular weight excluding hydrogens is 397 g/mol. The molecule has 31 heavy (non-hydrogen) atoms. The number of aromatic nitrogens is 1. The largest absolute Gasteiger partial charge is 0.467 e. The Morgan fingerprint density at radius 3 is 2.42 bits per heavy atom. The molecule has 0 N–H and O–H groups in total. The number of hydrogen-bond acceptors (Lipinski definition) is 3. The highest BCUT2D eigenvalue weighted by atomic mass is 19.1. The van der Waals surface area contributed by atoms with Crippen molar-refractivity contribution >= 4 is 11.8 Å². The molecule has 3 aromatic rings. The van der Waals surface area contributed by atoms with Crippen molar-refractivity contribution in [2.24, 2.45) is 7.05 Å². The van der Waals surface area contributed by atoms with Crippen LogP contribution in [0.3, 0.4) is 0 Å². The number of carbonyl (C=O) groups is 2. The molecule has 0 aliphatic carbocycles. The SMILES string of the molecule is CCC(C)N(CC(=O)N(Cc1ccco1)Cc1cccn1C)C(=O)c1ccc(F)cc1. The average molecular weight is 426 g/mol. The third-order valence-electron chi connectivity index (χ3n) is 5.46. The Hall–Kier alpha value is -3.35. The molecule has 2 heterocycles. The summed E-state index contributed by atoms with van der Waals surface area (Å²) in [6.45, 7) is 4.49. The lowest BCUT2D eigenvalue weighted by Crippen LogP contribution is -2.46. The third-order valence-corrected chi connectivity index (χ3v) is 5.46. The fourth-order valence-electron chi connectivity index (χ4n) is 3.33. The average Bonchev–Trinajstić information content (AvgIpc) is 3.42. The van der Waals surface area contributed by atoms with Gasteiger partial charge in [-0.2, -0.15) is 0 Å². The van der Waals surface area contributed by atoms with Crippen molar-refractivity contribution in [2.75, 3.05) is 6.54 Å². The molecule has 0 aliphatic rings. The molecule has 1 atom stereocenters. The number of hydrogen-bond donors (Lipinski definition) is 0. The van der Waals surface area contributed by atoms with E-state index in [1.54, 1.807) is 22.1 Å². The maximum atomic E-state index is 13.3. The maximum Gasteiger partial charge on any atom is 0.254 e. The van der Waals surface area contributed by atoms with Gasteiger partial charge in [-0.1, -0.05) is 6.92 Å². The van der Waals surface area contributed by atoms with Gasteiger partial charge in [0, 0.05) is 30.5 Å². The van der Waals surface area contributed by atoms with E-state index in [0.717, 1.165) is 5.69 Å². The number of carbonyl (C=O) groups excluding carboxylic acids is 2. The van der Waals surface area contributed by atoms with Crippen LogP contribution in [0, 0.1) is 5.82 Å². The zero-order chi connectivity index (χ0) is 22.4. The fourth-order valence-corrected chi connectivity index (χ4v) is 3.33. The fraction of sp³-hybridized carbons (Fsp3) is 0.333. The van der Waals surface area contributed by atoms with Gasteiger partial charge < -0.3 is 18.8 Å². The van der Waals surface area contributed by atoms with E-state index in [1.807, 2.05) is 49.9 Å². The lowest BCUT2D eigenvalue weighted by atomic mass is 10.1. The Balaban J connectivity index is 1.82. The summed E-state index contributed by atoms with van der Waals surface area (Å²) in [6.07, 6.45) is 4.19. The number of nitrogens with zero attached hydrogens (tertiary/aromatic N) is 3. The van der Waals surface area contributed by atoms with E-state index in [2.05, 4.69) is 0 Å². The van der Waals surface area contributed by atoms with Crippen LogP contribution in [0.4, 0.5) is 4.39 Å². The second-order valence-electron chi connectivity index (χ2n) is 7.64. The minimum Gasteiger partial charge on any atom is -0.467 e. The van der Waals surface area contributed by atoms with Gasteiger partial charge in [0.05, 0.1) is 19.4 Å². The first-order chi connectivity index (χ1) is 14.9. The van der Waals surface area contributed by atoms with Crippen LogP contribution in [0.5, 0.6) is 0 Å². The number of benzene rings is 1. The van der Waals surface area contributed by atoms with Gasteiger partial charge in [0.2, 0.25) is 5.91 Å². The number of furan rings is 1. The standard InChI is InChI=1S/C24H28FN3O3/c1-4-18(2)28(24(30)19-9-11-20(25)12-10-19)17-23(29)27(16-22-8-6-14-31-22)15-21-7-5-13-26(21)3/h5-14,18H,4,15-17H2,1-3H3. The lowest BCUT2D eigenvalue weighted by Gasteiger charge is -2.31. The highest BCUT2D eigenvalue weighted by Crippen LogP contribution is 2.16. The molecule has 0 fully saturated rings. The summed E-state index contributed by atoms with van der Waals surface area (Å²) in [5.41, 5.74) is 1.33. The van der Waals surface area contributed by atoms with Crippen molar-refractivity contribution < 1.29 is 18.4 Å². The van der Waals surface area contributed by atoms with E-state index >= 15 is 0 Å². The molecule has 6 nitrogen and oxygen atoms in total. The summed E-state index contributed by atoms with van der Waals surface area (Å²) < 4.78 is 20.7. The molecule has 164 valence electrons. The zero-order valence-corrected chi connectivity index (χ0v) is 18.1. The number of aryl methyl sites for hydroxylation is 1. The second kappa shape index (κ2) is 10.1. The Labute approximate surface area is 181 Å². The summed E-state index contributed by atoms with van der Waals surface area (Å²) in [5.74, 6) is -0.217. The van der Waals surface area contributed by atoms with Gasteiger partial charge >= 0.3 is 0 Å². The van der Waals surface area contributed by atoms with Gasteiger partial charge in [0.1, 0.15) is 18.1 Å². The van der Waals surface area contributed by atoms with E-state index in [4.69, 9.17) is 4.42 Å². The third kappa shape index (κ3) is 5.63. The van der Waals surface area contributed by atoms with Crippen molar-refractivity contribution in [1.82, 2.24) is 14.4 Å². The van der Waals surface area contributed by atoms with Crippen LogP contribution < -0.4 is 0 Å². The molecule has 1 unspecified atom stereocenters. The van der Waals surface area contributed by atoms with Crippen molar-refractivity contribution in [2.45, 2.75) is 39.4 Å². The minimum absolute atomic E-state index is 0.0731. The number of amides is 2. The van der Waals surface area contributed by atoms with Crippen LogP contribution in [-0.4, -0.2) is 38.8 Å². The van der Waals surface area contributed by atoms with Crippen molar-refractivity contribution in [3.63, 3.8) is 0 Å². The van der Waals surface area contributed by atoms with E-state index in [9.17, 15) is 14.0 Å². The van der Waals surface area contributed by atoms with E-state index < -0.39 is 5.82 Å². The van der Waals surface area contributed by atoms with Crippen LogP contribution >= 0.6 is 0 Å². The van der Waals surface area contributed by atoms with Crippen LogP contribution in [0.15, 0.2) is 65.4 Å². The molecule has 2 aromatic heterocycles. The molecule has 0 radical (unpaired) electrons. The number of halogens is 1. The molecule has 7 heteroatoms. The smallest absolute Gasteiger partial charge is 0.254 e. The van der Waals surface area contributed by atoms with Crippen LogP contribution in [0.2, 0.25) is 0 Å². The topological polar surface area (TPSA) is 58.7 Å². The summed E-state index contributed by atoms with van der Waals surface area (Å²) >= 11 is 0. The first-order valence-electron chi connectivity index (χ1n) is 10.4. The van der Waals surface area contributed by atoms with Gasteiger partial charge in [-0.05, 0) is 61.9 Å². The summed E-state index contributed by atoms with van der Waals surface area (Å²) in [6, 6.07) is 12.7. The summed E-state index contributed by atoms with van der Waals surface area (Å²) in [7, 11) is 1.93. The molecule has 0 saturated heterocycles. The zero-order valence-electron chi connectivity index (χ0n) is 18.1. The normalized spacial score (nSPS) is 11.9. The quantitative estimate of drug-likeness (QED) is 0.516. The lowest BCUT2D eigenvalue weighted by molar-refractivity contribution is -0.134. The Morgan fingerprint density at radius 1 is 1.10 bits per heavy atom. The molecule has 1 aromatic carbocycles. The Bertz CT molecular complexity index is 996. The highest BCUT2D eigenvalue weighted by molar-refractivity contribution is 5.96. The van der Waals surface area contributed by atoms with Crippen molar-refractivity contribution in [3.8, 4) is 0 Å². The summed E-state index contributed by atoms with van der Waals surface area (Å²) in [5, 5.41) is 0. The van der Waals surface area contributed by atoms with Gasteiger partial charge in [0.25, 0.3) is 5.91 Å². The first kappa shape index (κ1) is 22.3. The molecular formula is C24H28FN3O3. The van der Waals surface area contributed by atoms with E-state index in [0.29, 0.717) is 30.8 Å². The molecule has 0 spiro atoms. The molecule has 0 saturated carbocycles. The van der Waals surface area contributed by atoms with Crippen LogP contribution in [0.1, 0.15) is 42.1 Å². The maximum absolute atomic E-state index is 13.3. The predicted molar refractivity (Wildman–Crippen MR) is 116 cm³/mol.